The van der Waals surface area contributed by atoms with Crippen LogP contribution in [0.3, 0.4) is 0 Å². The summed E-state index contributed by atoms with van der Waals surface area (Å²) in [5.74, 6) is 0.00903. The molecule has 1 amide bonds. The second-order valence-corrected chi connectivity index (χ2v) is 6.71. The van der Waals surface area contributed by atoms with Gasteiger partial charge in [-0.05, 0) is 30.9 Å². The highest BCUT2D eigenvalue weighted by Crippen LogP contribution is 2.23. The minimum absolute atomic E-state index is 0.0818. The fraction of sp³-hybridized carbons (Fsp3) is 0.556. The standard InChI is InChI=1S/C18H24N4O4/c23-11-14(10-17(24)26-12-13-6-2-1-3-7-13)19-18(25)22-16-9-5-4-8-15(16)20-21-22/h4-5,8-9,13-14,23H,1-3,6-7,10-12H2,(H,19,25). The Morgan fingerprint density at radius 3 is 2.81 bits per heavy atom. The molecule has 0 bridgehead atoms. The molecule has 0 aliphatic heterocycles. The molecule has 26 heavy (non-hydrogen) atoms. The predicted octanol–water partition coefficient (Wildman–Crippen LogP) is 1.86. The van der Waals surface area contributed by atoms with Crippen molar-refractivity contribution in [1.82, 2.24) is 20.3 Å². The second kappa shape index (κ2) is 8.75. The molecule has 2 aromatic rings. The number of carbonyl (C=O) groups is 2. The number of fused-ring (bicyclic) bond motifs is 1. The summed E-state index contributed by atoms with van der Waals surface area (Å²) < 4.78 is 6.44. The Labute approximate surface area is 151 Å². The molecule has 1 aromatic carbocycles. The molecule has 8 heteroatoms. The molecule has 8 nitrogen and oxygen atoms in total. The summed E-state index contributed by atoms with van der Waals surface area (Å²) in [4.78, 5) is 24.4. The largest absolute Gasteiger partial charge is 0.465 e. The van der Waals surface area contributed by atoms with Crippen LogP contribution in [0.4, 0.5) is 4.79 Å². The van der Waals surface area contributed by atoms with Crippen molar-refractivity contribution in [3.8, 4) is 0 Å². The van der Waals surface area contributed by atoms with Crippen LogP contribution >= 0.6 is 0 Å². The number of hydrogen-bond acceptors (Lipinski definition) is 6. The molecule has 0 spiro atoms. The van der Waals surface area contributed by atoms with Crippen molar-refractivity contribution in [2.45, 2.75) is 44.6 Å². The zero-order chi connectivity index (χ0) is 18.4. The Morgan fingerprint density at radius 2 is 2.04 bits per heavy atom. The van der Waals surface area contributed by atoms with Crippen LogP contribution in [0, 0.1) is 5.92 Å². The summed E-state index contributed by atoms with van der Waals surface area (Å²) in [7, 11) is 0. The SMILES string of the molecule is O=C(CC(CO)NC(=O)n1nnc2ccccc21)OCC1CCCCC1. The summed E-state index contributed by atoms with van der Waals surface area (Å²) in [5.41, 5.74) is 1.15. The Bertz CT molecular complexity index is 754. The quantitative estimate of drug-likeness (QED) is 0.762. The minimum atomic E-state index is -0.732. The van der Waals surface area contributed by atoms with Gasteiger partial charge in [-0.2, -0.15) is 4.68 Å². The molecule has 1 unspecified atom stereocenters. The molecule has 1 atom stereocenters. The zero-order valence-electron chi connectivity index (χ0n) is 14.6. The van der Waals surface area contributed by atoms with Crippen LogP contribution in [0.5, 0.6) is 0 Å². The summed E-state index contributed by atoms with van der Waals surface area (Å²) in [6.45, 7) is 0.0511. The van der Waals surface area contributed by atoms with Crippen molar-refractivity contribution in [3.05, 3.63) is 24.3 Å². The van der Waals surface area contributed by atoms with Crippen LogP contribution in [0.15, 0.2) is 24.3 Å². The third-order valence-electron chi connectivity index (χ3n) is 4.71. The molecule has 2 N–H and O–H groups in total. The lowest BCUT2D eigenvalue weighted by Crippen LogP contribution is -2.42. The average Bonchev–Trinajstić information content (AvgIpc) is 3.11. The number of ether oxygens (including phenoxy) is 1. The normalized spacial score (nSPS) is 16.3. The van der Waals surface area contributed by atoms with E-state index in [0.29, 0.717) is 23.6 Å². The zero-order valence-corrected chi connectivity index (χ0v) is 14.6. The maximum Gasteiger partial charge on any atom is 0.344 e. The van der Waals surface area contributed by atoms with Crippen LogP contribution in [0.2, 0.25) is 0 Å². The summed E-state index contributed by atoms with van der Waals surface area (Å²) in [6.07, 6.45) is 5.72. The Kier molecular flexibility index (Phi) is 6.17. The molecule has 1 saturated carbocycles. The number of esters is 1. The number of benzene rings is 1. The van der Waals surface area contributed by atoms with Gasteiger partial charge in [0.1, 0.15) is 5.52 Å². The summed E-state index contributed by atoms with van der Waals surface area (Å²) in [6, 6.07) is 5.78. The lowest BCUT2D eigenvalue weighted by Gasteiger charge is -2.21. The van der Waals surface area contributed by atoms with Gasteiger partial charge in [0.15, 0.2) is 0 Å². The number of hydrogen-bond donors (Lipinski definition) is 2. The number of amides is 1. The van der Waals surface area contributed by atoms with Gasteiger partial charge in [0.2, 0.25) is 0 Å². The van der Waals surface area contributed by atoms with Gasteiger partial charge < -0.3 is 15.2 Å². The van der Waals surface area contributed by atoms with Crippen LogP contribution in [-0.2, 0) is 9.53 Å². The van der Waals surface area contributed by atoms with E-state index in [-0.39, 0.29) is 13.0 Å². The van der Waals surface area contributed by atoms with E-state index >= 15 is 0 Å². The number of para-hydroxylation sites is 1. The van der Waals surface area contributed by atoms with Crippen molar-refractivity contribution in [2.24, 2.45) is 5.92 Å². The number of aliphatic hydroxyl groups excluding tert-OH is 1. The van der Waals surface area contributed by atoms with E-state index in [4.69, 9.17) is 4.74 Å². The Hall–Kier alpha value is -2.48. The molecule has 1 aromatic heterocycles. The maximum absolute atomic E-state index is 12.4. The molecule has 0 radical (unpaired) electrons. The van der Waals surface area contributed by atoms with E-state index in [9.17, 15) is 14.7 Å². The smallest absolute Gasteiger partial charge is 0.344 e. The first-order valence-electron chi connectivity index (χ1n) is 9.05. The molecule has 140 valence electrons. The van der Waals surface area contributed by atoms with Crippen molar-refractivity contribution < 1.29 is 19.4 Å². The van der Waals surface area contributed by atoms with Gasteiger partial charge in [-0.15, -0.1) is 5.10 Å². The molecular formula is C18H24N4O4. The van der Waals surface area contributed by atoms with Crippen LogP contribution in [0.1, 0.15) is 38.5 Å². The van der Waals surface area contributed by atoms with Gasteiger partial charge in [0.05, 0.1) is 31.2 Å². The number of nitrogens with zero attached hydrogens (tertiary/aromatic N) is 3. The lowest BCUT2D eigenvalue weighted by atomic mass is 9.90. The Balaban J connectivity index is 1.51. The maximum atomic E-state index is 12.4. The third kappa shape index (κ3) is 4.57. The lowest BCUT2D eigenvalue weighted by molar-refractivity contribution is -0.146. The molecule has 1 heterocycles. The van der Waals surface area contributed by atoms with E-state index in [2.05, 4.69) is 15.6 Å². The van der Waals surface area contributed by atoms with Gasteiger partial charge >= 0.3 is 12.0 Å². The highest BCUT2D eigenvalue weighted by Gasteiger charge is 2.21. The number of aromatic nitrogens is 3. The van der Waals surface area contributed by atoms with Gasteiger partial charge in [-0.25, -0.2) is 4.79 Å². The molecular weight excluding hydrogens is 336 g/mol. The molecule has 1 aliphatic rings. The minimum Gasteiger partial charge on any atom is -0.465 e. The second-order valence-electron chi connectivity index (χ2n) is 6.71. The fourth-order valence-electron chi connectivity index (χ4n) is 3.24. The van der Waals surface area contributed by atoms with Crippen LogP contribution in [-0.4, -0.2) is 51.4 Å². The molecule has 0 saturated heterocycles. The third-order valence-corrected chi connectivity index (χ3v) is 4.71. The number of carbonyl (C=O) groups excluding carboxylic acids is 2. The average molecular weight is 360 g/mol. The highest BCUT2D eigenvalue weighted by atomic mass is 16.5. The molecule has 1 fully saturated rings. The molecule has 1 aliphatic carbocycles. The van der Waals surface area contributed by atoms with Crippen LogP contribution < -0.4 is 5.32 Å². The van der Waals surface area contributed by atoms with Crippen LogP contribution in [0.25, 0.3) is 11.0 Å². The van der Waals surface area contributed by atoms with Crippen molar-refractivity contribution >= 4 is 23.0 Å². The van der Waals surface area contributed by atoms with Gasteiger partial charge in [-0.3, -0.25) is 4.79 Å². The van der Waals surface area contributed by atoms with Crippen molar-refractivity contribution in [1.29, 1.82) is 0 Å². The van der Waals surface area contributed by atoms with E-state index in [1.54, 1.807) is 24.3 Å². The summed E-state index contributed by atoms with van der Waals surface area (Å²) >= 11 is 0. The number of rotatable bonds is 6. The molecule has 3 rings (SSSR count). The fourth-order valence-corrected chi connectivity index (χ4v) is 3.24. The predicted molar refractivity (Wildman–Crippen MR) is 94.5 cm³/mol. The highest BCUT2D eigenvalue weighted by molar-refractivity contribution is 5.88. The van der Waals surface area contributed by atoms with Gasteiger partial charge in [0.25, 0.3) is 0 Å². The van der Waals surface area contributed by atoms with Gasteiger partial charge in [-0.1, -0.05) is 36.6 Å². The van der Waals surface area contributed by atoms with E-state index < -0.39 is 18.0 Å². The van der Waals surface area contributed by atoms with E-state index in [1.807, 2.05) is 0 Å². The first-order chi connectivity index (χ1) is 12.7. The number of aliphatic hydroxyl groups is 1. The topological polar surface area (TPSA) is 106 Å². The van der Waals surface area contributed by atoms with Crippen molar-refractivity contribution in [3.63, 3.8) is 0 Å². The monoisotopic (exact) mass is 360 g/mol. The number of nitrogens with one attached hydrogen (secondary N) is 1. The Morgan fingerprint density at radius 1 is 1.27 bits per heavy atom. The summed E-state index contributed by atoms with van der Waals surface area (Å²) in [5, 5.41) is 19.8. The van der Waals surface area contributed by atoms with E-state index in [1.165, 1.54) is 19.3 Å². The first kappa shape index (κ1) is 18.3. The van der Waals surface area contributed by atoms with Crippen molar-refractivity contribution in [2.75, 3.05) is 13.2 Å². The van der Waals surface area contributed by atoms with Gasteiger partial charge in [0, 0.05) is 0 Å². The first-order valence-corrected chi connectivity index (χ1v) is 9.05. The van der Waals surface area contributed by atoms with E-state index in [0.717, 1.165) is 17.5 Å².